The van der Waals surface area contributed by atoms with Crippen LogP contribution in [0.5, 0.6) is 17.2 Å². The third kappa shape index (κ3) is 7.15. The van der Waals surface area contributed by atoms with Gasteiger partial charge in [0.15, 0.2) is 0 Å². The molecule has 1 aliphatic carbocycles. The quantitative estimate of drug-likeness (QED) is 0.222. The number of methoxy groups -OCH3 is 1. The van der Waals surface area contributed by atoms with E-state index in [4.69, 9.17) is 18.9 Å². The topological polar surface area (TPSA) is 104 Å². The summed E-state index contributed by atoms with van der Waals surface area (Å²) in [6.07, 6.45) is 5.94. The molecule has 0 unspecified atom stereocenters. The molecular weight excluding hydrogens is 569 g/mol. The Labute approximate surface area is 247 Å². The number of likely N-dealkylation sites (tertiary alicyclic amines) is 1. The summed E-state index contributed by atoms with van der Waals surface area (Å²) in [4.78, 5) is 31.2. The molecule has 3 heterocycles. The van der Waals surface area contributed by atoms with E-state index in [1.54, 1.807) is 41.9 Å². The summed E-state index contributed by atoms with van der Waals surface area (Å²) in [5, 5.41) is 2.79. The number of ether oxygens (including phenoxy) is 4. The SMILES string of the molecule is CCOC(=O)C1(F)CCN(CCCOc2ccn3c(-c4cc(OC)c(C(=O)NC5CC5)c(OC(F)F)c4)cnc3c2)CC1. The molecule has 2 aliphatic rings. The average molecular weight is 605 g/mol. The number of pyridine rings is 1. The van der Waals surface area contributed by atoms with E-state index in [2.05, 4.69) is 15.2 Å². The van der Waals surface area contributed by atoms with Crippen molar-refractivity contribution in [1.82, 2.24) is 19.6 Å². The van der Waals surface area contributed by atoms with Gasteiger partial charge in [-0.1, -0.05) is 0 Å². The molecule has 0 radical (unpaired) electrons. The van der Waals surface area contributed by atoms with Crippen LogP contribution in [0.25, 0.3) is 16.9 Å². The summed E-state index contributed by atoms with van der Waals surface area (Å²) in [5.41, 5.74) is -0.386. The maximum Gasteiger partial charge on any atom is 0.387 e. The molecule has 1 aromatic carbocycles. The number of aromatic nitrogens is 2. The van der Waals surface area contributed by atoms with Crippen LogP contribution in [-0.2, 0) is 9.53 Å². The Morgan fingerprint density at radius 1 is 1.16 bits per heavy atom. The van der Waals surface area contributed by atoms with Crippen molar-refractivity contribution in [2.75, 3.05) is 40.0 Å². The van der Waals surface area contributed by atoms with Crippen LogP contribution < -0.4 is 19.5 Å². The third-order valence-corrected chi connectivity index (χ3v) is 7.60. The van der Waals surface area contributed by atoms with Gasteiger partial charge in [-0.05, 0) is 44.4 Å². The number of hydrogen-bond acceptors (Lipinski definition) is 8. The van der Waals surface area contributed by atoms with Gasteiger partial charge in [0.2, 0.25) is 5.67 Å². The zero-order valence-corrected chi connectivity index (χ0v) is 24.1. The van der Waals surface area contributed by atoms with Crippen molar-refractivity contribution in [2.45, 2.75) is 57.3 Å². The van der Waals surface area contributed by atoms with Gasteiger partial charge in [0.05, 0.1) is 32.2 Å². The van der Waals surface area contributed by atoms with Crippen LogP contribution in [0.4, 0.5) is 13.2 Å². The normalized spacial score (nSPS) is 16.7. The van der Waals surface area contributed by atoms with Crippen LogP contribution in [-0.4, -0.2) is 84.4 Å². The maximum absolute atomic E-state index is 14.8. The van der Waals surface area contributed by atoms with Crippen LogP contribution >= 0.6 is 0 Å². The zero-order chi connectivity index (χ0) is 30.6. The molecule has 3 aromatic rings. The van der Waals surface area contributed by atoms with E-state index < -0.39 is 24.2 Å². The molecule has 1 aliphatic heterocycles. The van der Waals surface area contributed by atoms with Gasteiger partial charge in [-0.25, -0.2) is 14.2 Å². The minimum Gasteiger partial charge on any atom is -0.496 e. The largest absolute Gasteiger partial charge is 0.496 e. The number of rotatable bonds is 13. The summed E-state index contributed by atoms with van der Waals surface area (Å²) < 4.78 is 64.1. The second-order valence-corrected chi connectivity index (χ2v) is 10.6. The molecule has 0 atom stereocenters. The van der Waals surface area contributed by atoms with Crippen LogP contribution in [0.2, 0.25) is 0 Å². The second kappa shape index (κ2) is 13.1. The molecule has 10 nitrogen and oxygen atoms in total. The monoisotopic (exact) mass is 604 g/mol. The van der Waals surface area contributed by atoms with Gasteiger partial charge in [0, 0.05) is 56.3 Å². The predicted octanol–water partition coefficient (Wildman–Crippen LogP) is 4.64. The highest BCUT2D eigenvalue weighted by molar-refractivity contribution is 6.01. The van der Waals surface area contributed by atoms with Gasteiger partial charge in [0.25, 0.3) is 5.91 Å². The number of imidazole rings is 1. The van der Waals surface area contributed by atoms with Crippen LogP contribution in [0.3, 0.4) is 0 Å². The van der Waals surface area contributed by atoms with E-state index in [0.717, 1.165) is 12.8 Å². The lowest BCUT2D eigenvalue weighted by Crippen LogP contribution is -2.47. The molecule has 5 rings (SSSR count). The minimum absolute atomic E-state index is 0.0192. The lowest BCUT2D eigenvalue weighted by atomic mass is 9.93. The smallest absolute Gasteiger partial charge is 0.387 e. The van der Waals surface area contributed by atoms with E-state index in [1.807, 2.05) is 0 Å². The fourth-order valence-electron chi connectivity index (χ4n) is 5.14. The van der Waals surface area contributed by atoms with Crippen LogP contribution in [0.15, 0.2) is 36.7 Å². The van der Waals surface area contributed by atoms with Gasteiger partial charge in [-0.2, -0.15) is 8.78 Å². The zero-order valence-electron chi connectivity index (χ0n) is 24.1. The summed E-state index contributed by atoms with van der Waals surface area (Å²) in [6.45, 7) is 0.766. The summed E-state index contributed by atoms with van der Waals surface area (Å²) in [7, 11) is 1.36. The van der Waals surface area contributed by atoms with Gasteiger partial charge in [-0.3, -0.25) is 9.20 Å². The number of halogens is 3. The number of nitrogens with one attached hydrogen (secondary N) is 1. The number of esters is 1. The Bertz CT molecular complexity index is 1450. The molecule has 1 N–H and O–H groups in total. The lowest BCUT2D eigenvalue weighted by Gasteiger charge is -2.34. The molecule has 1 saturated heterocycles. The molecule has 1 saturated carbocycles. The standard InChI is InChI=1S/C30H35F3N4O6/c1-3-41-28(39)30(33)8-12-36(13-9-30)10-4-14-42-21-7-11-37-22(18-34-25(37)17-21)19-15-23(40-2)26(24(16-19)43-29(31)32)27(38)35-20-5-6-20/h7,11,15-18,20,29H,3-6,8-10,12-14H2,1-2H3,(H,35,38). The first-order valence-corrected chi connectivity index (χ1v) is 14.4. The maximum atomic E-state index is 14.8. The molecule has 2 fully saturated rings. The number of alkyl halides is 3. The number of nitrogens with zero attached hydrogens (tertiary/aromatic N) is 3. The van der Waals surface area contributed by atoms with Gasteiger partial charge in [0.1, 0.15) is 28.5 Å². The number of hydrogen-bond donors (Lipinski definition) is 1. The molecule has 0 spiro atoms. The Kier molecular flexibility index (Phi) is 9.28. The van der Waals surface area contributed by atoms with Crippen LogP contribution in [0.1, 0.15) is 49.4 Å². The third-order valence-electron chi connectivity index (χ3n) is 7.60. The first kappa shape index (κ1) is 30.5. The first-order chi connectivity index (χ1) is 20.7. The average Bonchev–Trinajstić information content (AvgIpc) is 3.70. The molecule has 232 valence electrons. The van der Waals surface area contributed by atoms with E-state index in [-0.39, 0.29) is 42.6 Å². The number of piperidine rings is 1. The number of amides is 1. The summed E-state index contributed by atoms with van der Waals surface area (Å²) in [6, 6.07) is 6.51. The lowest BCUT2D eigenvalue weighted by molar-refractivity contribution is -0.160. The molecular formula is C30H35F3N4O6. The van der Waals surface area contributed by atoms with Crippen LogP contribution in [0, 0.1) is 0 Å². The van der Waals surface area contributed by atoms with Crippen molar-refractivity contribution in [1.29, 1.82) is 0 Å². The minimum atomic E-state index is -3.13. The number of carbonyl (C=O) groups excluding carboxylic acids is 2. The van der Waals surface area contributed by atoms with Crippen molar-refractivity contribution in [3.05, 3.63) is 42.2 Å². The molecule has 2 aromatic heterocycles. The highest BCUT2D eigenvalue weighted by Crippen LogP contribution is 2.37. The van der Waals surface area contributed by atoms with E-state index in [9.17, 15) is 22.8 Å². The van der Waals surface area contributed by atoms with E-state index in [0.29, 0.717) is 55.3 Å². The van der Waals surface area contributed by atoms with Gasteiger partial charge < -0.3 is 29.2 Å². The highest BCUT2D eigenvalue weighted by atomic mass is 19.3. The van der Waals surface area contributed by atoms with E-state index in [1.165, 1.54) is 13.2 Å². The fraction of sp³-hybridized carbons (Fsp3) is 0.500. The van der Waals surface area contributed by atoms with Crippen molar-refractivity contribution >= 4 is 17.5 Å². The van der Waals surface area contributed by atoms with Crippen molar-refractivity contribution in [2.24, 2.45) is 0 Å². The highest BCUT2D eigenvalue weighted by Gasteiger charge is 2.43. The van der Waals surface area contributed by atoms with Crippen molar-refractivity contribution in [3.63, 3.8) is 0 Å². The van der Waals surface area contributed by atoms with Crippen molar-refractivity contribution < 1.29 is 41.7 Å². The second-order valence-electron chi connectivity index (χ2n) is 10.6. The first-order valence-electron chi connectivity index (χ1n) is 14.4. The molecule has 13 heteroatoms. The summed E-state index contributed by atoms with van der Waals surface area (Å²) in [5.74, 6) is -0.893. The molecule has 43 heavy (non-hydrogen) atoms. The summed E-state index contributed by atoms with van der Waals surface area (Å²) >= 11 is 0. The molecule has 0 bridgehead atoms. The Morgan fingerprint density at radius 2 is 1.91 bits per heavy atom. The number of benzene rings is 1. The Morgan fingerprint density at radius 3 is 2.58 bits per heavy atom. The van der Waals surface area contributed by atoms with Crippen molar-refractivity contribution in [3.8, 4) is 28.5 Å². The number of fused-ring (bicyclic) bond motifs is 1. The van der Waals surface area contributed by atoms with Gasteiger partial charge >= 0.3 is 12.6 Å². The predicted molar refractivity (Wildman–Crippen MR) is 151 cm³/mol. The molecule has 1 amide bonds. The fourth-order valence-corrected chi connectivity index (χ4v) is 5.14. The number of carbonyl (C=O) groups is 2. The Hall–Kier alpha value is -4.00. The van der Waals surface area contributed by atoms with Gasteiger partial charge in [-0.15, -0.1) is 0 Å². The Balaban J connectivity index is 1.23. The van der Waals surface area contributed by atoms with E-state index >= 15 is 0 Å².